The van der Waals surface area contributed by atoms with Gasteiger partial charge in [0.25, 0.3) is 10.0 Å². The van der Waals surface area contributed by atoms with Gasteiger partial charge in [0, 0.05) is 29.9 Å². The van der Waals surface area contributed by atoms with Gasteiger partial charge in [-0.05, 0) is 45.0 Å². The lowest BCUT2D eigenvalue weighted by Crippen LogP contribution is -2.62. The van der Waals surface area contributed by atoms with Gasteiger partial charge in [-0.2, -0.15) is 4.31 Å². The summed E-state index contributed by atoms with van der Waals surface area (Å²) >= 11 is 1.32. The van der Waals surface area contributed by atoms with Crippen molar-refractivity contribution in [2.75, 3.05) is 26.2 Å². The highest BCUT2D eigenvalue weighted by molar-refractivity contribution is 7.91. The van der Waals surface area contributed by atoms with Gasteiger partial charge in [0.15, 0.2) is 0 Å². The third-order valence-electron chi connectivity index (χ3n) is 4.59. The molecule has 0 aromatic carbocycles. The van der Waals surface area contributed by atoms with E-state index >= 15 is 0 Å². The fraction of sp³-hybridized carbons (Fsp3) is 0.643. The number of piperidine rings is 1. The lowest BCUT2D eigenvalue weighted by Gasteiger charge is -2.46. The van der Waals surface area contributed by atoms with Crippen LogP contribution in [0.15, 0.2) is 16.3 Å². The molecule has 1 aromatic heterocycles. The molecule has 1 amide bonds. The average Bonchev–Trinajstić information content (AvgIpc) is 2.85. The first-order valence-electron chi connectivity index (χ1n) is 7.48. The lowest BCUT2D eigenvalue weighted by atomic mass is 9.94. The Morgan fingerprint density at radius 1 is 1.27 bits per heavy atom. The van der Waals surface area contributed by atoms with Gasteiger partial charge in [-0.25, -0.2) is 8.42 Å². The first-order chi connectivity index (χ1) is 10.4. The third kappa shape index (κ3) is 2.92. The molecule has 0 radical (unpaired) electrons. The van der Waals surface area contributed by atoms with Crippen LogP contribution in [0.25, 0.3) is 0 Å². The highest BCUT2D eigenvalue weighted by Crippen LogP contribution is 2.30. The number of likely N-dealkylation sites (tertiary alicyclic amines) is 1. The van der Waals surface area contributed by atoms with Crippen LogP contribution in [-0.4, -0.2) is 55.8 Å². The standard InChI is InChI=1S/C14H21N3O3S2/c1-10-2-3-13(21-10)22(19,20)17-8-12(9-17)16-6-4-11(5-7-16)14(15)18/h2-3,11-12H,4-9H2,1H3,(H2,15,18). The van der Waals surface area contributed by atoms with E-state index in [4.69, 9.17) is 5.73 Å². The van der Waals surface area contributed by atoms with Crippen molar-refractivity contribution in [3.8, 4) is 0 Å². The number of hydrogen-bond acceptors (Lipinski definition) is 5. The van der Waals surface area contributed by atoms with Crippen LogP contribution in [0, 0.1) is 12.8 Å². The lowest BCUT2D eigenvalue weighted by molar-refractivity contribution is -0.123. The zero-order valence-electron chi connectivity index (χ0n) is 12.6. The van der Waals surface area contributed by atoms with Crippen molar-refractivity contribution in [1.82, 2.24) is 9.21 Å². The largest absolute Gasteiger partial charge is 0.369 e. The Balaban J connectivity index is 1.55. The molecule has 2 fully saturated rings. The summed E-state index contributed by atoms with van der Waals surface area (Å²) in [6.07, 6.45) is 1.56. The Morgan fingerprint density at radius 2 is 1.91 bits per heavy atom. The molecule has 3 rings (SSSR count). The van der Waals surface area contributed by atoms with Crippen LogP contribution >= 0.6 is 11.3 Å². The summed E-state index contributed by atoms with van der Waals surface area (Å²) in [7, 11) is -3.33. The minimum Gasteiger partial charge on any atom is -0.369 e. The highest BCUT2D eigenvalue weighted by atomic mass is 32.2. The number of nitrogens with two attached hydrogens (primary N) is 1. The normalized spacial score (nSPS) is 22.6. The molecule has 2 aliphatic rings. The van der Waals surface area contributed by atoms with E-state index in [-0.39, 0.29) is 17.9 Å². The summed E-state index contributed by atoms with van der Waals surface area (Å²) in [5, 5.41) is 0. The summed E-state index contributed by atoms with van der Waals surface area (Å²) in [4.78, 5) is 14.5. The molecular formula is C14H21N3O3S2. The first kappa shape index (κ1) is 15.9. The van der Waals surface area contributed by atoms with Gasteiger partial charge in [-0.1, -0.05) is 0 Å². The van der Waals surface area contributed by atoms with E-state index in [2.05, 4.69) is 4.90 Å². The summed E-state index contributed by atoms with van der Waals surface area (Å²) in [5.41, 5.74) is 5.34. The molecule has 2 saturated heterocycles. The maximum atomic E-state index is 12.5. The van der Waals surface area contributed by atoms with Crippen molar-refractivity contribution >= 4 is 27.3 Å². The molecule has 6 nitrogen and oxygen atoms in total. The van der Waals surface area contributed by atoms with Crippen LogP contribution < -0.4 is 5.73 Å². The number of carbonyl (C=O) groups is 1. The molecule has 0 spiro atoms. The molecule has 2 aliphatic heterocycles. The molecule has 0 saturated carbocycles. The number of amides is 1. The monoisotopic (exact) mass is 343 g/mol. The van der Waals surface area contributed by atoms with E-state index in [1.54, 1.807) is 10.4 Å². The van der Waals surface area contributed by atoms with Crippen molar-refractivity contribution < 1.29 is 13.2 Å². The Hall–Kier alpha value is -0.960. The van der Waals surface area contributed by atoms with Gasteiger partial charge < -0.3 is 5.73 Å². The number of thiophene rings is 1. The van der Waals surface area contributed by atoms with Crippen LogP contribution in [0.2, 0.25) is 0 Å². The van der Waals surface area contributed by atoms with E-state index in [0.717, 1.165) is 30.8 Å². The van der Waals surface area contributed by atoms with Gasteiger partial charge in [0.05, 0.1) is 0 Å². The fourth-order valence-corrected chi connectivity index (χ4v) is 6.02. The Labute approximate surface area is 134 Å². The van der Waals surface area contributed by atoms with E-state index in [1.165, 1.54) is 11.3 Å². The molecule has 0 aliphatic carbocycles. The maximum Gasteiger partial charge on any atom is 0.252 e. The van der Waals surface area contributed by atoms with Gasteiger partial charge in [0.1, 0.15) is 4.21 Å². The van der Waals surface area contributed by atoms with Crippen LogP contribution in [0.4, 0.5) is 0 Å². The molecule has 0 bridgehead atoms. The number of sulfonamides is 1. The van der Waals surface area contributed by atoms with Crippen LogP contribution in [0.5, 0.6) is 0 Å². The van der Waals surface area contributed by atoms with Crippen LogP contribution in [0.3, 0.4) is 0 Å². The Kier molecular flexibility index (Phi) is 4.28. The average molecular weight is 343 g/mol. The van der Waals surface area contributed by atoms with E-state index in [9.17, 15) is 13.2 Å². The second kappa shape index (κ2) is 5.92. The molecular weight excluding hydrogens is 322 g/mol. The molecule has 3 heterocycles. The van der Waals surface area contributed by atoms with E-state index < -0.39 is 10.0 Å². The number of hydrogen-bond donors (Lipinski definition) is 1. The van der Waals surface area contributed by atoms with Gasteiger partial charge >= 0.3 is 0 Å². The number of rotatable bonds is 4. The highest BCUT2D eigenvalue weighted by Gasteiger charge is 2.41. The predicted molar refractivity (Wildman–Crippen MR) is 85.1 cm³/mol. The van der Waals surface area contributed by atoms with Crippen LogP contribution in [-0.2, 0) is 14.8 Å². The van der Waals surface area contributed by atoms with Gasteiger partial charge in [-0.3, -0.25) is 9.69 Å². The number of nitrogens with zero attached hydrogens (tertiary/aromatic N) is 2. The number of aryl methyl sites for hydroxylation is 1. The van der Waals surface area contributed by atoms with Crippen molar-refractivity contribution in [2.24, 2.45) is 11.7 Å². The van der Waals surface area contributed by atoms with Crippen molar-refractivity contribution in [1.29, 1.82) is 0 Å². The Morgan fingerprint density at radius 3 is 2.41 bits per heavy atom. The summed E-state index contributed by atoms with van der Waals surface area (Å²) in [5.74, 6) is -0.240. The maximum absolute atomic E-state index is 12.5. The smallest absolute Gasteiger partial charge is 0.252 e. The quantitative estimate of drug-likeness (QED) is 0.869. The van der Waals surface area contributed by atoms with E-state index in [1.807, 2.05) is 13.0 Å². The summed E-state index contributed by atoms with van der Waals surface area (Å²) < 4.78 is 26.9. The van der Waals surface area contributed by atoms with E-state index in [0.29, 0.717) is 17.3 Å². The van der Waals surface area contributed by atoms with Crippen molar-refractivity contribution in [3.05, 3.63) is 17.0 Å². The second-order valence-corrected chi connectivity index (χ2v) is 9.51. The van der Waals surface area contributed by atoms with Crippen molar-refractivity contribution in [3.63, 3.8) is 0 Å². The summed E-state index contributed by atoms with van der Waals surface area (Å²) in [6, 6.07) is 3.79. The second-order valence-electron chi connectivity index (χ2n) is 6.05. The molecule has 1 aromatic rings. The third-order valence-corrected chi connectivity index (χ3v) is 7.89. The molecule has 0 atom stereocenters. The molecule has 8 heteroatoms. The first-order valence-corrected chi connectivity index (χ1v) is 9.73. The molecule has 22 heavy (non-hydrogen) atoms. The topological polar surface area (TPSA) is 83.7 Å². The fourth-order valence-electron chi connectivity index (χ4n) is 3.07. The zero-order valence-corrected chi connectivity index (χ0v) is 14.2. The minimum atomic E-state index is -3.33. The SMILES string of the molecule is Cc1ccc(S(=O)(=O)N2CC(N3CCC(C(N)=O)CC3)C2)s1. The van der Waals surface area contributed by atoms with Gasteiger partial charge in [0.2, 0.25) is 5.91 Å². The minimum absolute atomic E-state index is 0.0229. The van der Waals surface area contributed by atoms with Crippen molar-refractivity contribution in [2.45, 2.75) is 30.0 Å². The molecule has 0 unspecified atom stereocenters. The zero-order chi connectivity index (χ0) is 15.9. The predicted octanol–water partition coefficient (Wildman–Crippen LogP) is 0.627. The molecule has 122 valence electrons. The van der Waals surface area contributed by atoms with Gasteiger partial charge in [-0.15, -0.1) is 11.3 Å². The summed E-state index contributed by atoms with van der Waals surface area (Å²) in [6.45, 7) is 4.64. The Bertz CT molecular complexity index is 657. The number of carbonyl (C=O) groups excluding carboxylic acids is 1. The number of primary amides is 1. The molecule has 2 N–H and O–H groups in total. The van der Waals surface area contributed by atoms with Crippen LogP contribution in [0.1, 0.15) is 17.7 Å².